The van der Waals surface area contributed by atoms with E-state index in [9.17, 15) is 52.5 Å². The van der Waals surface area contributed by atoms with Gasteiger partial charge in [-0.1, -0.05) is 62.4 Å². The van der Waals surface area contributed by atoms with Gasteiger partial charge < -0.3 is 44.3 Å². The SMILES string of the molecule is CC(=O)O[C@@H]1C(=O)[C@@]2(C)C(C(OC(=O)c3ccccc3)[C@]3(O)CC(OC(=O)C(O)C(NC(=O)c4ccc(C(F)(F)F)cc4)c4ccccc4)C(C)=C1C3(C)C)[C@]1(OC(C)=O)CO[C@@H]1C[C@@H]2O. The van der Waals surface area contributed by atoms with Gasteiger partial charge in [0.15, 0.2) is 23.6 Å². The molecule has 15 nitrogen and oxygen atoms in total. The summed E-state index contributed by atoms with van der Waals surface area (Å²) in [6.07, 6.45) is -15.9. The second kappa shape index (κ2) is 17.4. The smallest absolute Gasteiger partial charge is 0.416 e. The van der Waals surface area contributed by atoms with Gasteiger partial charge in [0.25, 0.3) is 5.91 Å². The Hall–Kier alpha value is -5.95. The van der Waals surface area contributed by atoms with Gasteiger partial charge in [-0.25, -0.2) is 9.59 Å². The Balaban J connectivity index is 1.35. The summed E-state index contributed by atoms with van der Waals surface area (Å²) in [5, 5.41) is 40.0. The molecule has 3 aromatic carbocycles. The lowest BCUT2D eigenvalue weighted by molar-refractivity contribution is -0.346. The Morgan fingerprint density at radius 3 is 2.00 bits per heavy atom. The second-order valence-electron chi connectivity index (χ2n) is 18.1. The van der Waals surface area contributed by atoms with Crippen molar-refractivity contribution >= 4 is 35.6 Å². The number of carbonyl (C=O) groups excluding carboxylic acids is 6. The lowest BCUT2D eigenvalue weighted by Crippen LogP contribution is -2.82. The zero-order chi connectivity index (χ0) is 48.3. The Morgan fingerprint density at radius 2 is 1.45 bits per heavy atom. The molecule has 3 aliphatic carbocycles. The highest BCUT2D eigenvalue weighted by atomic mass is 19.4. The number of nitrogens with one attached hydrogen (secondary N) is 1. The molecule has 66 heavy (non-hydrogen) atoms. The van der Waals surface area contributed by atoms with Gasteiger partial charge >= 0.3 is 30.1 Å². The van der Waals surface area contributed by atoms with Crippen molar-refractivity contribution in [1.29, 1.82) is 0 Å². The molecule has 1 amide bonds. The van der Waals surface area contributed by atoms with Crippen molar-refractivity contribution < 1.29 is 80.9 Å². The zero-order valence-corrected chi connectivity index (χ0v) is 36.8. The second-order valence-corrected chi connectivity index (χ2v) is 18.1. The van der Waals surface area contributed by atoms with Crippen molar-refractivity contribution in [3.05, 3.63) is 118 Å². The summed E-state index contributed by atoms with van der Waals surface area (Å²) in [6, 6.07) is 17.0. The lowest BCUT2D eigenvalue weighted by atomic mass is 9.44. The average molecular weight is 922 g/mol. The number of hydrogen-bond donors (Lipinski definition) is 4. The third-order valence-electron chi connectivity index (χ3n) is 13.9. The summed E-state index contributed by atoms with van der Waals surface area (Å²) in [4.78, 5) is 83.6. The number of aliphatic hydroxyl groups is 3. The van der Waals surface area contributed by atoms with Crippen molar-refractivity contribution in [2.75, 3.05) is 6.61 Å². The number of halogens is 3. The van der Waals surface area contributed by atoms with E-state index in [1.165, 1.54) is 52.0 Å². The van der Waals surface area contributed by atoms with E-state index in [1.807, 2.05) is 0 Å². The highest BCUT2D eigenvalue weighted by Gasteiger charge is 2.78. The molecule has 3 fully saturated rings. The van der Waals surface area contributed by atoms with E-state index in [1.54, 1.807) is 36.4 Å². The highest BCUT2D eigenvalue weighted by Crippen LogP contribution is 2.64. The van der Waals surface area contributed by atoms with Crippen molar-refractivity contribution in [2.45, 2.75) is 114 Å². The molecule has 0 aromatic heterocycles. The van der Waals surface area contributed by atoms with Crippen LogP contribution >= 0.6 is 0 Å². The Morgan fingerprint density at radius 1 is 0.848 bits per heavy atom. The van der Waals surface area contributed by atoms with E-state index in [4.69, 9.17) is 23.7 Å². The maximum Gasteiger partial charge on any atom is 0.416 e. The molecule has 2 bridgehead atoms. The van der Waals surface area contributed by atoms with Gasteiger partial charge in [0, 0.05) is 37.7 Å². The predicted molar refractivity (Wildman–Crippen MR) is 223 cm³/mol. The maximum absolute atomic E-state index is 15.5. The van der Waals surface area contributed by atoms with Gasteiger partial charge in [-0.3, -0.25) is 19.2 Å². The third-order valence-corrected chi connectivity index (χ3v) is 13.9. The number of fused-ring (bicyclic) bond motifs is 5. The average Bonchev–Trinajstić information content (AvgIpc) is 3.26. The molecule has 352 valence electrons. The molecular weight excluding hydrogens is 872 g/mol. The summed E-state index contributed by atoms with van der Waals surface area (Å²) < 4.78 is 70.0. The summed E-state index contributed by atoms with van der Waals surface area (Å²) >= 11 is 0. The third kappa shape index (κ3) is 8.07. The minimum Gasteiger partial charge on any atom is -0.456 e. The Kier molecular flexibility index (Phi) is 12.6. The number of Topliss-reactive ketones (excluding diaryl/α,β-unsaturated/α-hetero) is 1. The number of ether oxygens (including phenoxy) is 5. The van der Waals surface area contributed by atoms with Gasteiger partial charge in [-0.05, 0) is 67.0 Å². The summed E-state index contributed by atoms with van der Waals surface area (Å²) in [7, 11) is 0. The molecule has 2 saturated carbocycles. The topological polar surface area (TPSA) is 221 Å². The number of benzene rings is 3. The fourth-order valence-corrected chi connectivity index (χ4v) is 10.4. The van der Waals surface area contributed by atoms with Crippen LogP contribution in [0.5, 0.6) is 0 Å². The number of rotatable bonds is 10. The van der Waals surface area contributed by atoms with E-state index < -0.39 is 124 Å². The molecule has 7 rings (SSSR count). The van der Waals surface area contributed by atoms with Crippen molar-refractivity contribution in [3.8, 4) is 0 Å². The number of aliphatic hydroxyl groups excluding tert-OH is 2. The minimum absolute atomic E-state index is 0.0187. The van der Waals surface area contributed by atoms with Crippen LogP contribution in [0, 0.1) is 16.7 Å². The van der Waals surface area contributed by atoms with Crippen LogP contribution in [0.25, 0.3) is 0 Å². The fourth-order valence-electron chi connectivity index (χ4n) is 10.4. The molecule has 4 N–H and O–H groups in total. The molecule has 0 radical (unpaired) electrons. The number of amides is 1. The predicted octanol–water partition coefficient (Wildman–Crippen LogP) is 4.75. The highest BCUT2D eigenvalue weighted by molar-refractivity contribution is 5.96. The molecule has 0 spiro atoms. The molecule has 1 heterocycles. The van der Waals surface area contributed by atoms with Crippen LogP contribution in [0.1, 0.15) is 92.3 Å². The zero-order valence-electron chi connectivity index (χ0n) is 36.8. The quantitative estimate of drug-likeness (QED) is 0.123. The van der Waals surface area contributed by atoms with Crippen LogP contribution in [0.3, 0.4) is 0 Å². The van der Waals surface area contributed by atoms with E-state index in [2.05, 4.69) is 5.32 Å². The normalized spacial score (nSPS) is 30.9. The van der Waals surface area contributed by atoms with Crippen LogP contribution in [-0.2, 0) is 49.0 Å². The van der Waals surface area contributed by atoms with E-state index >= 15 is 4.79 Å². The monoisotopic (exact) mass is 921 g/mol. The summed E-state index contributed by atoms with van der Waals surface area (Å²) in [5.74, 6) is -7.64. The molecule has 18 heteroatoms. The van der Waals surface area contributed by atoms with Gasteiger partial charge in [0.2, 0.25) is 0 Å². The van der Waals surface area contributed by atoms with Gasteiger partial charge in [-0.2, -0.15) is 13.2 Å². The molecule has 5 unspecified atom stereocenters. The minimum atomic E-state index is -4.68. The van der Waals surface area contributed by atoms with Crippen molar-refractivity contribution in [3.63, 3.8) is 0 Å². The molecule has 4 aliphatic rings. The van der Waals surface area contributed by atoms with E-state index in [0.29, 0.717) is 12.1 Å². The first-order valence-electron chi connectivity index (χ1n) is 21.2. The Bertz CT molecular complexity index is 2440. The van der Waals surface area contributed by atoms with Gasteiger partial charge in [0.05, 0.1) is 41.2 Å². The fraction of sp³-hybridized carbons (Fsp3) is 0.458. The van der Waals surface area contributed by atoms with Crippen LogP contribution in [-0.4, -0.2) is 105 Å². The molecule has 3 aromatic rings. The Labute approximate surface area is 377 Å². The molecule has 11 atom stereocenters. The summed E-state index contributed by atoms with van der Waals surface area (Å²) in [5.41, 5.74) is -9.21. The first kappa shape index (κ1) is 48.0. The summed E-state index contributed by atoms with van der Waals surface area (Å²) in [6.45, 7) is 7.60. The maximum atomic E-state index is 15.5. The first-order valence-corrected chi connectivity index (χ1v) is 21.2. The van der Waals surface area contributed by atoms with Gasteiger partial charge in [-0.15, -0.1) is 0 Å². The van der Waals surface area contributed by atoms with Crippen molar-refractivity contribution in [1.82, 2.24) is 5.32 Å². The van der Waals surface area contributed by atoms with Crippen LogP contribution in [0.15, 0.2) is 96.1 Å². The molecule has 1 aliphatic heterocycles. The van der Waals surface area contributed by atoms with E-state index in [-0.39, 0.29) is 40.9 Å². The molecular formula is C48H50F3NO14. The number of esters is 4. The number of alkyl halides is 3. The lowest BCUT2D eigenvalue weighted by Gasteiger charge is -2.67. The van der Waals surface area contributed by atoms with Crippen LogP contribution < -0.4 is 5.32 Å². The standard InChI is InChI=1S/C48H50F3NO14/c1-24-31(64-43(60)36(56)35(27-13-9-7-10-14-27)52-41(58)28-17-19-30(20-18-28)48(49,50)51)22-47(61)40(65-42(59)29-15-11-8-12-16-29)38-45(6,32(55)21-33-46(38,23-62-33)66-26(3)54)39(57)37(63-25(2)53)34(24)44(47,4)5/h7-20,31-33,35-38,40,55-56,61H,21-23H2,1-6H3,(H,52,58)/t31?,32-,33+,35?,36?,37-,38?,40?,45+,46-,47+/m0/s1. The van der Waals surface area contributed by atoms with Crippen LogP contribution in [0.2, 0.25) is 0 Å². The van der Waals surface area contributed by atoms with Crippen LogP contribution in [0.4, 0.5) is 13.2 Å². The number of ketones is 1. The first-order chi connectivity index (χ1) is 30.9. The largest absolute Gasteiger partial charge is 0.456 e. The number of carbonyl (C=O) groups is 6. The molecule has 1 saturated heterocycles. The van der Waals surface area contributed by atoms with Crippen molar-refractivity contribution in [2.24, 2.45) is 16.7 Å². The van der Waals surface area contributed by atoms with E-state index in [0.717, 1.165) is 26.0 Å². The van der Waals surface area contributed by atoms with Gasteiger partial charge in [0.1, 0.15) is 23.9 Å². The number of hydrogen-bond acceptors (Lipinski definition) is 14.